The van der Waals surface area contributed by atoms with Crippen LogP contribution in [0.1, 0.15) is 30.7 Å². The number of rotatable bonds is 2. The highest BCUT2D eigenvalue weighted by Crippen LogP contribution is 2.26. The van der Waals surface area contributed by atoms with Crippen molar-refractivity contribution in [3.05, 3.63) is 51.2 Å². The molecule has 0 N–H and O–H groups in total. The zero-order valence-corrected chi connectivity index (χ0v) is 12.7. The Morgan fingerprint density at radius 2 is 2.14 bits per heavy atom. The molecule has 0 radical (unpaired) electrons. The lowest BCUT2D eigenvalue weighted by molar-refractivity contribution is 0.0599. The topological polar surface area (TPSA) is 59.5 Å². The van der Waals surface area contributed by atoms with Gasteiger partial charge in [-0.05, 0) is 12.1 Å². The Morgan fingerprint density at radius 3 is 2.86 bits per heavy atom. The maximum atomic E-state index is 13.7. The van der Waals surface area contributed by atoms with Gasteiger partial charge in [-0.15, -0.1) is 11.3 Å². The number of hydrogen-bond donors (Lipinski definition) is 0. The predicted octanol–water partition coefficient (Wildman–Crippen LogP) is 2.27. The third-order valence-corrected chi connectivity index (χ3v) is 4.55. The summed E-state index contributed by atoms with van der Waals surface area (Å²) in [6, 6.07) is 5.92. The van der Waals surface area contributed by atoms with Crippen molar-refractivity contribution in [2.24, 2.45) is 0 Å². The number of carbonyl (C=O) groups excluding carboxylic acids is 2. The molecule has 0 spiro atoms. The number of esters is 1. The largest absolute Gasteiger partial charge is 0.464 e. The first-order valence-electron chi connectivity index (χ1n) is 6.71. The van der Waals surface area contributed by atoms with Gasteiger partial charge in [-0.1, -0.05) is 12.1 Å². The van der Waals surface area contributed by atoms with E-state index in [1.807, 2.05) is 0 Å². The fourth-order valence-electron chi connectivity index (χ4n) is 2.35. The van der Waals surface area contributed by atoms with Crippen LogP contribution < -0.4 is 0 Å². The average Bonchev–Trinajstić information content (AvgIpc) is 2.97. The molecule has 0 bridgehead atoms. The third kappa shape index (κ3) is 2.59. The molecule has 22 heavy (non-hydrogen) atoms. The van der Waals surface area contributed by atoms with Crippen molar-refractivity contribution < 1.29 is 18.7 Å². The van der Waals surface area contributed by atoms with Crippen molar-refractivity contribution in [2.75, 3.05) is 13.7 Å². The van der Waals surface area contributed by atoms with Gasteiger partial charge in [-0.3, -0.25) is 4.79 Å². The highest BCUT2D eigenvalue weighted by atomic mass is 32.1. The van der Waals surface area contributed by atoms with Gasteiger partial charge >= 0.3 is 5.97 Å². The molecule has 2 aromatic rings. The first kappa shape index (κ1) is 14.6. The number of methoxy groups -OCH3 is 1. The molecule has 114 valence electrons. The van der Waals surface area contributed by atoms with Gasteiger partial charge in [-0.2, -0.15) is 0 Å². The van der Waals surface area contributed by atoms with Crippen LogP contribution in [-0.4, -0.2) is 35.4 Å². The zero-order chi connectivity index (χ0) is 15.7. The molecule has 1 aromatic heterocycles. The molecular weight excluding hydrogens is 307 g/mol. The highest BCUT2D eigenvalue weighted by Gasteiger charge is 2.27. The first-order chi connectivity index (χ1) is 10.6. The number of nitrogens with zero attached hydrogens (tertiary/aromatic N) is 2. The number of hydrogen-bond acceptors (Lipinski definition) is 5. The molecule has 0 unspecified atom stereocenters. The maximum absolute atomic E-state index is 13.7. The van der Waals surface area contributed by atoms with E-state index in [4.69, 9.17) is 0 Å². The summed E-state index contributed by atoms with van der Waals surface area (Å²) in [6.45, 7) is 0.779. The molecule has 0 saturated carbocycles. The maximum Gasteiger partial charge on any atom is 0.367 e. The summed E-state index contributed by atoms with van der Waals surface area (Å²) >= 11 is 1.22. The number of thiazole rings is 1. The lowest BCUT2D eigenvalue weighted by Gasteiger charge is -2.26. The van der Waals surface area contributed by atoms with E-state index >= 15 is 0 Å². The Morgan fingerprint density at radius 1 is 1.36 bits per heavy atom. The Bertz CT molecular complexity index is 744. The summed E-state index contributed by atoms with van der Waals surface area (Å²) in [5, 5.41) is 0.285. The van der Waals surface area contributed by atoms with Gasteiger partial charge in [0.25, 0.3) is 5.91 Å². The lowest BCUT2D eigenvalue weighted by Crippen LogP contribution is -2.35. The van der Waals surface area contributed by atoms with E-state index in [0.717, 1.165) is 10.6 Å². The normalized spacial score (nSPS) is 13.6. The van der Waals surface area contributed by atoms with E-state index in [1.54, 1.807) is 17.0 Å². The molecule has 0 aliphatic carbocycles. The van der Waals surface area contributed by atoms with Crippen molar-refractivity contribution >= 4 is 23.2 Å². The van der Waals surface area contributed by atoms with Gasteiger partial charge in [0.1, 0.15) is 5.82 Å². The Balaban J connectivity index is 1.82. The van der Waals surface area contributed by atoms with Crippen LogP contribution in [0.3, 0.4) is 0 Å². The number of amides is 1. The van der Waals surface area contributed by atoms with E-state index in [0.29, 0.717) is 19.5 Å². The van der Waals surface area contributed by atoms with Gasteiger partial charge in [0.2, 0.25) is 5.01 Å². The summed E-state index contributed by atoms with van der Waals surface area (Å²) in [6.07, 6.45) is 0.545. The summed E-state index contributed by atoms with van der Waals surface area (Å²) in [5.41, 5.74) is 0.867. The SMILES string of the molecule is COC(=O)c1nc2c(s1)CN(C(=O)c1ccccc1F)CC2. The molecule has 2 heterocycles. The second-order valence-electron chi connectivity index (χ2n) is 4.84. The second kappa shape index (κ2) is 5.84. The van der Waals surface area contributed by atoms with E-state index in [-0.39, 0.29) is 16.5 Å². The average molecular weight is 320 g/mol. The molecule has 3 rings (SSSR count). The van der Waals surface area contributed by atoms with Gasteiger partial charge in [-0.25, -0.2) is 14.2 Å². The standard InChI is InChI=1S/C15H13FN2O3S/c1-21-15(20)13-17-11-6-7-18(8-12(11)22-13)14(19)9-4-2-3-5-10(9)16/h2-5H,6-8H2,1H3. The molecule has 1 aliphatic rings. The van der Waals surface area contributed by atoms with Gasteiger partial charge in [0, 0.05) is 17.8 Å². The third-order valence-electron chi connectivity index (χ3n) is 3.48. The highest BCUT2D eigenvalue weighted by molar-refractivity contribution is 7.13. The van der Waals surface area contributed by atoms with Crippen LogP contribution in [-0.2, 0) is 17.7 Å². The van der Waals surface area contributed by atoms with Crippen LogP contribution in [0.4, 0.5) is 4.39 Å². The van der Waals surface area contributed by atoms with E-state index in [9.17, 15) is 14.0 Å². The van der Waals surface area contributed by atoms with Crippen LogP contribution in [0.2, 0.25) is 0 Å². The molecule has 0 saturated heterocycles. The van der Waals surface area contributed by atoms with Gasteiger partial charge in [0.15, 0.2) is 0 Å². The number of fused-ring (bicyclic) bond motifs is 1. The smallest absolute Gasteiger partial charge is 0.367 e. The minimum Gasteiger partial charge on any atom is -0.464 e. The van der Waals surface area contributed by atoms with E-state index in [2.05, 4.69) is 9.72 Å². The predicted molar refractivity (Wildman–Crippen MR) is 78.3 cm³/mol. The summed E-state index contributed by atoms with van der Waals surface area (Å²) in [4.78, 5) is 30.6. The minimum atomic E-state index is -0.530. The van der Waals surface area contributed by atoms with Crippen molar-refractivity contribution in [1.29, 1.82) is 0 Å². The second-order valence-corrected chi connectivity index (χ2v) is 5.92. The lowest BCUT2D eigenvalue weighted by atomic mass is 10.1. The molecule has 7 heteroatoms. The van der Waals surface area contributed by atoms with Crippen molar-refractivity contribution in [3.8, 4) is 0 Å². The van der Waals surface area contributed by atoms with Gasteiger partial charge < -0.3 is 9.64 Å². The Labute approximate surface area is 130 Å². The zero-order valence-electron chi connectivity index (χ0n) is 11.8. The number of benzene rings is 1. The molecule has 1 aliphatic heterocycles. The molecule has 1 aromatic carbocycles. The summed E-state index contributed by atoms with van der Waals surface area (Å²) in [5.74, 6) is -1.36. The Kier molecular flexibility index (Phi) is 3.89. The monoisotopic (exact) mass is 320 g/mol. The van der Waals surface area contributed by atoms with Crippen LogP contribution in [0.5, 0.6) is 0 Å². The van der Waals surface area contributed by atoms with Crippen molar-refractivity contribution in [3.63, 3.8) is 0 Å². The molecule has 0 atom stereocenters. The molecule has 0 fully saturated rings. The van der Waals surface area contributed by atoms with Crippen LogP contribution in [0.15, 0.2) is 24.3 Å². The van der Waals surface area contributed by atoms with Gasteiger partial charge in [0.05, 0.1) is 24.9 Å². The van der Waals surface area contributed by atoms with Crippen molar-refractivity contribution in [1.82, 2.24) is 9.88 Å². The number of ether oxygens (including phenoxy) is 1. The Hall–Kier alpha value is -2.28. The fraction of sp³-hybridized carbons (Fsp3) is 0.267. The first-order valence-corrected chi connectivity index (χ1v) is 7.52. The number of halogens is 1. The summed E-state index contributed by atoms with van der Waals surface area (Å²) < 4.78 is 18.4. The minimum absolute atomic E-state index is 0.0589. The molecule has 1 amide bonds. The molecular formula is C15H13FN2O3S. The summed E-state index contributed by atoms with van der Waals surface area (Å²) in [7, 11) is 1.30. The van der Waals surface area contributed by atoms with Crippen molar-refractivity contribution in [2.45, 2.75) is 13.0 Å². The number of aromatic nitrogens is 1. The van der Waals surface area contributed by atoms with Crippen LogP contribution in [0, 0.1) is 5.82 Å². The van der Waals surface area contributed by atoms with Crippen LogP contribution in [0.25, 0.3) is 0 Å². The van der Waals surface area contributed by atoms with Crippen LogP contribution >= 0.6 is 11.3 Å². The molecule has 5 nitrogen and oxygen atoms in total. The van der Waals surface area contributed by atoms with E-state index in [1.165, 1.54) is 30.6 Å². The fourth-order valence-corrected chi connectivity index (χ4v) is 3.39. The number of carbonyl (C=O) groups is 2. The van der Waals surface area contributed by atoms with E-state index < -0.39 is 11.8 Å². The quantitative estimate of drug-likeness (QED) is 0.797.